The fourth-order valence-electron chi connectivity index (χ4n) is 5.96. The molecule has 120 valence electrons. The molecule has 1 aromatic heterocycles. The van der Waals surface area contributed by atoms with E-state index in [0.717, 1.165) is 49.8 Å². The Morgan fingerprint density at radius 3 is 2.86 bits per heavy atom. The lowest BCUT2D eigenvalue weighted by molar-refractivity contribution is 0.172. The van der Waals surface area contributed by atoms with Crippen molar-refractivity contribution in [2.75, 3.05) is 13.2 Å². The first kappa shape index (κ1) is 13.4. The number of rotatable bonds is 5. The van der Waals surface area contributed by atoms with Crippen LogP contribution < -0.4 is 10.1 Å². The largest absolute Gasteiger partial charge is 0.475 e. The maximum Gasteiger partial charge on any atom is 0.233 e. The van der Waals surface area contributed by atoms with Crippen molar-refractivity contribution in [2.24, 2.45) is 17.8 Å². The summed E-state index contributed by atoms with van der Waals surface area (Å²) in [6.07, 6.45) is 11.0. The molecule has 4 aliphatic carbocycles. The van der Waals surface area contributed by atoms with Gasteiger partial charge in [0.15, 0.2) is 0 Å². The monoisotopic (exact) mass is 301 g/mol. The van der Waals surface area contributed by atoms with Crippen LogP contribution in [-0.2, 0) is 13.0 Å². The zero-order valence-electron chi connectivity index (χ0n) is 13.4. The molecule has 0 saturated heterocycles. The van der Waals surface area contributed by atoms with Gasteiger partial charge in [0, 0.05) is 30.4 Å². The predicted octanol–water partition coefficient (Wildman–Crippen LogP) is 2.77. The first-order chi connectivity index (χ1) is 10.8. The number of nitrogens with one attached hydrogen (secondary N) is 1. The third-order valence-electron chi connectivity index (χ3n) is 6.67. The summed E-state index contributed by atoms with van der Waals surface area (Å²) < 4.78 is 8.02. The van der Waals surface area contributed by atoms with Crippen LogP contribution in [0.3, 0.4) is 0 Å². The minimum absolute atomic E-state index is 0.466. The van der Waals surface area contributed by atoms with Crippen LogP contribution in [0.4, 0.5) is 0 Å². The zero-order chi connectivity index (χ0) is 14.6. The summed E-state index contributed by atoms with van der Waals surface area (Å²) in [5.41, 5.74) is 1.81. The van der Waals surface area contributed by atoms with Crippen LogP contribution >= 0.6 is 0 Å². The van der Waals surface area contributed by atoms with E-state index in [9.17, 15) is 0 Å². The molecule has 1 aliphatic heterocycles. The summed E-state index contributed by atoms with van der Waals surface area (Å²) in [4.78, 5) is 0. The predicted molar refractivity (Wildman–Crippen MR) is 84.9 cm³/mol. The molecule has 4 fully saturated rings. The standard InChI is InChI=1S/C18H27N3O/c1-2-5-21-16(3-1)9-17(20-21)22-6-4-19-18-10-13-7-14(11-18)15(8-13)12-18/h9,13-15,19H,1-8,10-12H2. The number of nitrogens with zero attached hydrogens (tertiary/aromatic N) is 2. The molecule has 0 radical (unpaired) electrons. The maximum atomic E-state index is 5.90. The average Bonchev–Trinajstić information content (AvgIpc) is 3.12. The van der Waals surface area contributed by atoms with Crippen molar-refractivity contribution < 1.29 is 4.74 Å². The molecule has 0 amide bonds. The van der Waals surface area contributed by atoms with E-state index in [-0.39, 0.29) is 0 Å². The highest BCUT2D eigenvalue weighted by molar-refractivity contribution is 5.17. The average molecular weight is 301 g/mol. The Bertz CT molecular complexity index is 524. The Balaban J connectivity index is 1.13. The minimum atomic E-state index is 0.466. The fourth-order valence-corrected chi connectivity index (χ4v) is 5.96. The van der Waals surface area contributed by atoms with Gasteiger partial charge in [0.05, 0.1) is 0 Å². The van der Waals surface area contributed by atoms with Crippen molar-refractivity contribution in [3.05, 3.63) is 11.8 Å². The maximum absolute atomic E-state index is 5.90. The molecule has 1 aromatic rings. The number of hydrogen-bond donors (Lipinski definition) is 1. The van der Waals surface area contributed by atoms with Gasteiger partial charge in [-0.3, -0.25) is 4.68 Å². The minimum Gasteiger partial charge on any atom is -0.475 e. The first-order valence-electron chi connectivity index (χ1n) is 9.24. The van der Waals surface area contributed by atoms with Gasteiger partial charge in [0.25, 0.3) is 0 Å². The molecule has 2 atom stereocenters. The van der Waals surface area contributed by atoms with Crippen LogP contribution in [0.15, 0.2) is 6.07 Å². The Kier molecular flexibility index (Phi) is 3.04. The Morgan fingerprint density at radius 1 is 1.23 bits per heavy atom. The Labute approximate surface area is 132 Å². The number of hydrogen-bond acceptors (Lipinski definition) is 3. The van der Waals surface area contributed by atoms with Crippen molar-refractivity contribution in [1.82, 2.24) is 15.1 Å². The van der Waals surface area contributed by atoms with Crippen LogP contribution in [0.25, 0.3) is 0 Å². The van der Waals surface area contributed by atoms with Gasteiger partial charge in [-0.25, -0.2) is 0 Å². The normalized spacial score (nSPS) is 38.5. The molecule has 4 nitrogen and oxygen atoms in total. The van der Waals surface area contributed by atoms with E-state index in [1.807, 2.05) is 0 Å². The van der Waals surface area contributed by atoms with E-state index in [1.165, 1.54) is 50.6 Å². The molecule has 1 N–H and O–H groups in total. The van der Waals surface area contributed by atoms with Crippen molar-refractivity contribution in [2.45, 2.75) is 63.5 Å². The summed E-state index contributed by atoms with van der Waals surface area (Å²) in [6.45, 7) is 2.77. The van der Waals surface area contributed by atoms with E-state index in [4.69, 9.17) is 4.74 Å². The van der Waals surface area contributed by atoms with Crippen LogP contribution in [0.5, 0.6) is 5.88 Å². The Morgan fingerprint density at radius 2 is 2.09 bits per heavy atom. The third-order valence-corrected chi connectivity index (χ3v) is 6.67. The summed E-state index contributed by atoms with van der Waals surface area (Å²) >= 11 is 0. The van der Waals surface area contributed by atoms with Crippen molar-refractivity contribution in [1.29, 1.82) is 0 Å². The van der Waals surface area contributed by atoms with Gasteiger partial charge < -0.3 is 10.1 Å². The third kappa shape index (κ3) is 2.18. The van der Waals surface area contributed by atoms with Gasteiger partial charge in [-0.2, -0.15) is 0 Å². The van der Waals surface area contributed by atoms with Crippen molar-refractivity contribution in [3.8, 4) is 5.88 Å². The fraction of sp³-hybridized carbons (Fsp3) is 0.833. The molecule has 2 heterocycles. The first-order valence-corrected chi connectivity index (χ1v) is 9.24. The number of aryl methyl sites for hydroxylation is 2. The second-order valence-corrected chi connectivity index (χ2v) is 8.18. The molecule has 4 bridgehead atoms. The smallest absolute Gasteiger partial charge is 0.233 e. The lowest BCUT2D eigenvalue weighted by Gasteiger charge is -2.39. The number of ether oxygens (including phenoxy) is 1. The van der Waals surface area contributed by atoms with Crippen LogP contribution in [-0.4, -0.2) is 28.5 Å². The van der Waals surface area contributed by atoms with Gasteiger partial charge in [0.1, 0.15) is 6.61 Å². The summed E-state index contributed by atoms with van der Waals surface area (Å²) in [6, 6.07) is 2.14. The second-order valence-electron chi connectivity index (χ2n) is 8.18. The van der Waals surface area contributed by atoms with Gasteiger partial charge in [-0.05, 0) is 69.1 Å². The highest BCUT2D eigenvalue weighted by atomic mass is 16.5. The van der Waals surface area contributed by atoms with Crippen LogP contribution in [0.2, 0.25) is 0 Å². The van der Waals surface area contributed by atoms with E-state index in [1.54, 1.807) is 0 Å². The van der Waals surface area contributed by atoms with Gasteiger partial charge >= 0.3 is 0 Å². The molecule has 6 rings (SSSR count). The highest BCUT2D eigenvalue weighted by Crippen LogP contribution is 2.59. The summed E-state index contributed by atoms with van der Waals surface area (Å²) in [5.74, 6) is 3.91. The van der Waals surface area contributed by atoms with Gasteiger partial charge in [0.2, 0.25) is 5.88 Å². The second kappa shape index (κ2) is 4.98. The van der Waals surface area contributed by atoms with E-state index < -0.39 is 0 Å². The summed E-state index contributed by atoms with van der Waals surface area (Å²) in [7, 11) is 0. The van der Waals surface area contributed by atoms with Crippen molar-refractivity contribution in [3.63, 3.8) is 0 Å². The molecule has 0 aromatic carbocycles. The number of aromatic nitrogens is 2. The molecule has 5 aliphatic rings. The number of fused-ring (bicyclic) bond motifs is 1. The molecular formula is C18H27N3O. The van der Waals surface area contributed by atoms with Gasteiger partial charge in [-0.15, -0.1) is 5.10 Å². The SMILES string of the molecule is c1c(OCCNC23CC4CC(C2)C(C4)C3)nn2c1CCCC2. The van der Waals surface area contributed by atoms with E-state index in [2.05, 4.69) is 21.2 Å². The zero-order valence-corrected chi connectivity index (χ0v) is 13.4. The molecule has 0 spiro atoms. The lowest BCUT2D eigenvalue weighted by atomic mass is 9.76. The highest BCUT2D eigenvalue weighted by Gasteiger charge is 2.55. The van der Waals surface area contributed by atoms with Crippen LogP contribution in [0, 0.1) is 17.8 Å². The Hall–Kier alpha value is -1.03. The molecule has 22 heavy (non-hydrogen) atoms. The lowest BCUT2D eigenvalue weighted by Crippen LogP contribution is -2.49. The van der Waals surface area contributed by atoms with E-state index in [0.29, 0.717) is 5.54 Å². The van der Waals surface area contributed by atoms with Crippen molar-refractivity contribution >= 4 is 0 Å². The molecule has 4 heteroatoms. The summed E-state index contributed by atoms with van der Waals surface area (Å²) in [5, 5.41) is 8.43. The molecule has 2 unspecified atom stereocenters. The molecule has 4 saturated carbocycles. The van der Waals surface area contributed by atoms with Gasteiger partial charge in [-0.1, -0.05) is 0 Å². The quantitative estimate of drug-likeness (QED) is 0.850. The van der Waals surface area contributed by atoms with Crippen LogP contribution in [0.1, 0.15) is 50.6 Å². The molecular weight excluding hydrogens is 274 g/mol. The van der Waals surface area contributed by atoms with E-state index >= 15 is 0 Å². The topological polar surface area (TPSA) is 39.1 Å².